The van der Waals surface area contributed by atoms with Crippen LogP contribution < -0.4 is 5.32 Å². The molecule has 1 aromatic carbocycles. The number of allylic oxidation sites excluding steroid dienone is 2. The van der Waals surface area contributed by atoms with Gasteiger partial charge in [0.25, 0.3) is 0 Å². The number of hydrogen-bond donors (Lipinski definition) is 1. The second-order valence-electron chi connectivity index (χ2n) is 6.94. The van der Waals surface area contributed by atoms with Gasteiger partial charge in [-0.2, -0.15) is 0 Å². The third-order valence-electron chi connectivity index (χ3n) is 5.46. The first kappa shape index (κ1) is 15.6. The molecule has 0 radical (unpaired) electrons. The van der Waals surface area contributed by atoms with Crippen LogP contribution in [0.3, 0.4) is 0 Å². The average molecular weight is 371 g/mol. The highest BCUT2D eigenvalue weighted by Gasteiger charge is 2.59. The lowest BCUT2D eigenvalue weighted by molar-refractivity contribution is -0.143. The van der Waals surface area contributed by atoms with Crippen molar-refractivity contribution in [3.05, 3.63) is 36.2 Å². The Labute approximate surface area is 151 Å². The fourth-order valence-corrected chi connectivity index (χ4v) is 5.28. The van der Waals surface area contributed by atoms with E-state index in [0.717, 1.165) is 22.7 Å². The lowest BCUT2D eigenvalue weighted by atomic mass is 9.85. The van der Waals surface area contributed by atoms with Gasteiger partial charge in [0, 0.05) is 0 Å². The number of carbonyl (C=O) groups is 3. The van der Waals surface area contributed by atoms with E-state index < -0.39 is 5.91 Å². The maximum atomic E-state index is 13.3. The number of halogens is 1. The number of carbonyl (C=O) groups excluding carboxylic acids is 3. The maximum Gasteiger partial charge on any atom is 0.246 e. The van der Waals surface area contributed by atoms with E-state index in [9.17, 15) is 18.8 Å². The average Bonchev–Trinajstić information content (AvgIpc) is 3.34. The summed E-state index contributed by atoms with van der Waals surface area (Å²) < 4.78 is 13.9. The summed E-state index contributed by atoms with van der Waals surface area (Å²) in [4.78, 5) is 42.8. The fourth-order valence-electron chi connectivity index (χ4n) is 4.37. The Morgan fingerprint density at radius 1 is 1.23 bits per heavy atom. The number of imide groups is 1. The van der Waals surface area contributed by atoms with Crippen LogP contribution in [0.5, 0.6) is 0 Å². The predicted octanol–water partition coefficient (Wildman–Crippen LogP) is 2.18. The topological polar surface area (TPSA) is 79.4 Å². The van der Waals surface area contributed by atoms with Crippen molar-refractivity contribution in [2.24, 2.45) is 23.7 Å². The van der Waals surface area contributed by atoms with E-state index in [1.54, 1.807) is 0 Å². The van der Waals surface area contributed by atoms with Crippen molar-refractivity contribution >= 4 is 44.4 Å². The third kappa shape index (κ3) is 2.21. The third-order valence-corrected chi connectivity index (χ3v) is 6.39. The standard InChI is InChI=1S/C18H14FN3O3S/c19-10-3-4-11-12(6-10)26-18(20-11)21-13(23)7-22-16(24)14-8-1-2-9(5-8)15(14)17(22)25/h1-4,6,8-9,14-15H,5,7H2,(H,20,21,23)/t8-,9-,14-,15+/m1/s1. The SMILES string of the molecule is O=C(CN1C(=O)[C@@H]2[C@H](C1=O)[C@@H]1C=C[C@@H]2C1)Nc1nc2ccc(F)cc2s1. The first-order valence-electron chi connectivity index (χ1n) is 8.41. The van der Waals surface area contributed by atoms with Gasteiger partial charge in [-0.15, -0.1) is 0 Å². The number of amides is 3. The number of hydrogen-bond acceptors (Lipinski definition) is 5. The molecule has 6 nitrogen and oxygen atoms in total. The van der Waals surface area contributed by atoms with Crippen molar-refractivity contribution < 1.29 is 18.8 Å². The molecular formula is C18H14FN3O3S. The van der Waals surface area contributed by atoms with Crippen molar-refractivity contribution in [1.29, 1.82) is 0 Å². The number of thiazole rings is 1. The Morgan fingerprint density at radius 2 is 1.92 bits per heavy atom. The molecule has 1 saturated carbocycles. The van der Waals surface area contributed by atoms with Crippen LogP contribution in [0.4, 0.5) is 9.52 Å². The highest BCUT2D eigenvalue weighted by Crippen LogP contribution is 2.52. The zero-order valence-electron chi connectivity index (χ0n) is 13.5. The van der Waals surface area contributed by atoms with Crippen LogP contribution in [0.25, 0.3) is 10.2 Å². The number of nitrogens with zero attached hydrogens (tertiary/aromatic N) is 2. The van der Waals surface area contributed by atoms with E-state index >= 15 is 0 Å². The summed E-state index contributed by atoms with van der Waals surface area (Å²) in [6.07, 6.45) is 4.89. The summed E-state index contributed by atoms with van der Waals surface area (Å²) in [5.74, 6) is -1.74. The smallest absolute Gasteiger partial charge is 0.246 e. The number of rotatable bonds is 3. The van der Waals surface area contributed by atoms with Gasteiger partial charge in [-0.05, 0) is 36.5 Å². The molecule has 2 bridgehead atoms. The minimum atomic E-state index is -0.480. The molecule has 1 N–H and O–H groups in total. The number of likely N-dealkylation sites (tertiary alicyclic amines) is 1. The Morgan fingerprint density at radius 3 is 2.62 bits per heavy atom. The lowest BCUT2D eigenvalue weighted by Gasteiger charge is -2.16. The highest BCUT2D eigenvalue weighted by atomic mass is 32.1. The van der Waals surface area contributed by atoms with Gasteiger partial charge in [-0.25, -0.2) is 9.37 Å². The Hall–Kier alpha value is -2.61. The van der Waals surface area contributed by atoms with E-state index in [1.807, 2.05) is 12.2 Å². The largest absolute Gasteiger partial charge is 0.300 e. The normalized spacial score (nSPS) is 29.0. The van der Waals surface area contributed by atoms with E-state index in [4.69, 9.17) is 0 Å². The molecule has 2 fully saturated rings. The van der Waals surface area contributed by atoms with Gasteiger partial charge in [0.2, 0.25) is 17.7 Å². The van der Waals surface area contributed by atoms with Crippen LogP contribution in [0.1, 0.15) is 6.42 Å². The Balaban J connectivity index is 1.31. The number of fused-ring (bicyclic) bond motifs is 6. The summed E-state index contributed by atoms with van der Waals surface area (Å²) in [5.41, 5.74) is 0.581. The predicted molar refractivity (Wildman–Crippen MR) is 92.6 cm³/mol. The molecule has 8 heteroatoms. The number of aromatic nitrogens is 1. The molecule has 1 saturated heterocycles. The molecule has 1 aliphatic heterocycles. The molecule has 0 unspecified atom stereocenters. The molecule has 26 heavy (non-hydrogen) atoms. The molecule has 132 valence electrons. The van der Waals surface area contributed by atoms with Crippen LogP contribution in [0, 0.1) is 29.5 Å². The molecule has 2 aromatic rings. The van der Waals surface area contributed by atoms with Crippen molar-refractivity contribution in [3.63, 3.8) is 0 Å². The summed E-state index contributed by atoms with van der Waals surface area (Å²) >= 11 is 1.15. The minimum Gasteiger partial charge on any atom is -0.300 e. The van der Waals surface area contributed by atoms with Gasteiger partial charge in [-0.3, -0.25) is 19.3 Å². The molecule has 0 spiro atoms. The van der Waals surface area contributed by atoms with Gasteiger partial charge in [-0.1, -0.05) is 23.5 Å². The highest BCUT2D eigenvalue weighted by molar-refractivity contribution is 7.22. The summed E-state index contributed by atoms with van der Waals surface area (Å²) in [6.45, 7) is -0.311. The van der Waals surface area contributed by atoms with Gasteiger partial charge in [0.15, 0.2) is 5.13 Å². The number of anilines is 1. The Kier molecular flexibility index (Phi) is 3.27. The quantitative estimate of drug-likeness (QED) is 0.663. The molecule has 2 aliphatic carbocycles. The molecular weight excluding hydrogens is 357 g/mol. The van der Waals surface area contributed by atoms with Gasteiger partial charge < -0.3 is 5.32 Å². The van der Waals surface area contributed by atoms with Crippen LogP contribution in [0.2, 0.25) is 0 Å². The fraction of sp³-hybridized carbons (Fsp3) is 0.333. The van der Waals surface area contributed by atoms with E-state index in [2.05, 4.69) is 10.3 Å². The molecule has 2 heterocycles. The number of benzene rings is 1. The molecule has 5 rings (SSSR count). The van der Waals surface area contributed by atoms with Crippen LogP contribution in [-0.4, -0.2) is 34.2 Å². The van der Waals surface area contributed by atoms with Crippen molar-refractivity contribution in [3.8, 4) is 0 Å². The first-order chi connectivity index (χ1) is 12.5. The zero-order chi connectivity index (χ0) is 18.0. The monoisotopic (exact) mass is 371 g/mol. The van der Waals surface area contributed by atoms with Crippen molar-refractivity contribution in [2.75, 3.05) is 11.9 Å². The van der Waals surface area contributed by atoms with Gasteiger partial charge in [0.1, 0.15) is 12.4 Å². The maximum absolute atomic E-state index is 13.3. The summed E-state index contributed by atoms with van der Waals surface area (Å²) in [5, 5.41) is 2.92. The van der Waals surface area contributed by atoms with Crippen molar-refractivity contribution in [1.82, 2.24) is 9.88 Å². The van der Waals surface area contributed by atoms with E-state index in [0.29, 0.717) is 15.3 Å². The minimum absolute atomic E-state index is 0.119. The van der Waals surface area contributed by atoms with Crippen LogP contribution in [0.15, 0.2) is 30.4 Å². The van der Waals surface area contributed by atoms with E-state index in [-0.39, 0.29) is 47.8 Å². The molecule has 3 aliphatic rings. The molecule has 4 atom stereocenters. The molecule has 3 amide bonds. The van der Waals surface area contributed by atoms with E-state index in [1.165, 1.54) is 18.2 Å². The van der Waals surface area contributed by atoms with Crippen LogP contribution >= 0.6 is 11.3 Å². The zero-order valence-corrected chi connectivity index (χ0v) is 14.3. The summed E-state index contributed by atoms with van der Waals surface area (Å²) in [6, 6.07) is 4.19. The summed E-state index contributed by atoms with van der Waals surface area (Å²) in [7, 11) is 0. The van der Waals surface area contributed by atoms with Crippen LogP contribution in [-0.2, 0) is 14.4 Å². The lowest BCUT2D eigenvalue weighted by Crippen LogP contribution is -2.39. The second-order valence-corrected chi connectivity index (χ2v) is 7.97. The second kappa shape index (κ2) is 5.44. The van der Waals surface area contributed by atoms with Crippen molar-refractivity contribution in [2.45, 2.75) is 6.42 Å². The Bertz CT molecular complexity index is 971. The number of nitrogens with one attached hydrogen (secondary N) is 1. The van der Waals surface area contributed by atoms with Gasteiger partial charge in [0.05, 0.1) is 22.1 Å². The molecule has 1 aromatic heterocycles. The van der Waals surface area contributed by atoms with Gasteiger partial charge >= 0.3 is 0 Å². The first-order valence-corrected chi connectivity index (χ1v) is 9.22.